The molecule has 0 radical (unpaired) electrons. The van der Waals surface area contributed by atoms with E-state index in [0.29, 0.717) is 5.56 Å². The summed E-state index contributed by atoms with van der Waals surface area (Å²) in [5, 5.41) is 1.74. The first-order valence-electron chi connectivity index (χ1n) is 3.47. The van der Waals surface area contributed by atoms with Gasteiger partial charge in [0.25, 0.3) is 0 Å². The van der Waals surface area contributed by atoms with Crippen LogP contribution in [0.3, 0.4) is 0 Å². The molecule has 1 amide bonds. The highest BCUT2D eigenvalue weighted by atomic mass is 19.4. The number of carbonyl (C=O) groups is 1. The summed E-state index contributed by atoms with van der Waals surface area (Å²) in [4.78, 5) is 13.0. The summed E-state index contributed by atoms with van der Waals surface area (Å²) in [6, 6.07) is 1.58. The fraction of sp³-hybridized carbons (Fsp3) is 0.286. The summed E-state index contributed by atoms with van der Waals surface area (Å²) >= 11 is 0. The molecule has 0 saturated carbocycles. The van der Waals surface area contributed by atoms with E-state index in [2.05, 4.69) is 4.98 Å². The number of rotatable bonds is 2. The minimum absolute atomic E-state index is 0.123. The van der Waals surface area contributed by atoms with E-state index >= 15 is 0 Å². The van der Waals surface area contributed by atoms with Crippen molar-refractivity contribution in [3.63, 3.8) is 0 Å². The Labute approximate surface area is 71.9 Å². The highest BCUT2D eigenvalue weighted by Crippen LogP contribution is 2.14. The average Bonchev–Trinajstić information content (AvgIpc) is 2.50. The molecule has 1 heterocycles. The van der Waals surface area contributed by atoms with Crippen molar-refractivity contribution in [3.8, 4) is 0 Å². The van der Waals surface area contributed by atoms with E-state index in [-0.39, 0.29) is 6.54 Å². The Bertz CT molecular complexity index is 278. The molecule has 2 N–H and O–H groups in total. The Morgan fingerprint density at radius 1 is 1.54 bits per heavy atom. The van der Waals surface area contributed by atoms with Gasteiger partial charge in [0.15, 0.2) is 0 Å². The van der Waals surface area contributed by atoms with Crippen molar-refractivity contribution in [3.05, 3.63) is 24.0 Å². The first-order chi connectivity index (χ1) is 6.00. The van der Waals surface area contributed by atoms with Gasteiger partial charge >= 0.3 is 12.1 Å². The average molecular weight is 192 g/mol. The summed E-state index contributed by atoms with van der Waals surface area (Å²) in [6.45, 7) is -0.123. The first-order valence-corrected chi connectivity index (χ1v) is 3.47. The van der Waals surface area contributed by atoms with Crippen molar-refractivity contribution in [1.29, 1.82) is 0 Å². The first kappa shape index (κ1) is 9.63. The minimum Gasteiger partial charge on any atom is -0.367 e. The van der Waals surface area contributed by atoms with Gasteiger partial charge in [-0.1, -0.05) is 0 Å². The van der Waals surface area contributed by atoms with Gasteiger partial charge < -0.3 is 10.3 Å². The van der Waals surface area contributed by atoms with Crippen LogP contribution >= 0.6 is 0 Å². The van der Waals surface area contributed by atoms with Gasteiger partial charge in [0.1, 0.15) is 0 Å². The SMILES string of the molecule is O=C(NCc1cc[nH]c1)C(F)(F)F. The van der Waals surface area contributed by atoms with Crippen LogP contribution in [0.15, 0.2) is 18.5 Å². The van der Waals surface area contributed by atoms with E-state index in [1.54, 1.807) is 17.6 Å². The molecule has 72 valence electrons. The Morgan fingerprint density at radius 2 is 2.23 bits per heavy atom. The quantitative estimate of drug-likeness (QED) is 0.726. The van der Waals surface area contributed by atoms with E-state index in [4.69, 9.17) is 0 Å². The van der Waals surface area contributed by atoms with Crippen molar-refractivity contribution in [2.75, 3.05) is 0 Å². The molecule has 0 unspecified atom stereocenters. The molecule has 0 aliphatic heterocycles. The van der Waals surface area contributed by atoms with Crippen molar-refractivity contribution in [1.82, 2.24) is 10.3 Å². The van der Waals surface area contributed by atoms with Crippen molar-refractivity contribution >= 4 is 5.91 Å². The van der Waals surface area contributed by atoms with E-state index in [1.807, 2.05) is 0 Å². The lowest BCUT2D eigenvalue weighted by atomic mass is 10.3. The third-order valence-electron chi connectivity index (χ3n) is 1.37. The van der Waals surface area contributed by atoms with Crippen LogP contribution in [0, 0.1) is 0 Å². The molecule has 0 fully saturated rings. The number of H-pyrrole nitrogens is 1. The number of aromatic nitrogens is 1. The summed E-state index contributed by atoms with van der Waals surface area (Å²) in [7, 11) is 0. The number of carbonyl (C=O) groups excluding carboxylic acids is 1. The van der Waals surface area contributed by atoms with Crippen LogP contribution in [0.4, 0.5) is 13.2 Å². The van der Waals surface area contributed by atoms with Gasteiger partial charge in [-0.05, 0) is 11.6 Å². The molecule has 1 aromatic rings. The van der Waals surface area contributed by atoms with E-state index in [0.717, 1.165) is 0 Å². The third kappa shape index (κ3) is 2.81. The second-order valence-electron chi connectivity index (χ2n) is 2.40. The molecule has 0 spiro atoms. The highest BCUT2D eigenvalue weighted by Gasteiger charge is 2.38. The van der Waals surface area contributed by atoms with Crippen LogP contribution in [0.25, 0.3) is 0 Å². The Balaban J connectivity index is 2.40. The number of nitrogens with one attached hydrogen (secondary N) is 2. The fourth-order valence-electron chi connectivity index (χ4n) is 0.751. The fourth-order valence-corrected chi connectivity index (χ4v) is 0.751. The third-order valence-corrected chi connectivity index (χ3v) is 1.37. The van der Waals surface area contributed by atoms with Gasteiger partial charge in [-0.2, -0.15) is 13.2 Å². The molecule has 0 aliphatic carbocycles. The molecule has 0 aliphatic rings. The van der Waals surface area contributed by atoms with Crippen LogP contribution < -0.4 is 5.32 Å². The normalized spacial score (nSPS) is 11.3. The number of hydrogen-bond donors (Lipinski definition) is 2. The predicted molar refractivity (Wildman–Crippen MR) is 38.7 cm³/mol. The summed E-state index contributed by atoms with van der Waals surface area (Å²) < 4.78 is 35.0. The van der Waals surface area contributed by atoms with E-state index < -0.39 is 12.1 Å². The summed E-state index contributed by atoms with van der Waals surface area (Å²) in [5.74, 6) is -1.92. The van der Waals surface area contributed by atoms with Crippen LogP contribution in [-0.4, -0.2) is 17.1 Å². The largest absolute Gasteiger partial charge is 0.471 e. The number of halogens is 3. The highest BCUT2D eigenvalue weighted by molar-refractivity contribution is 5.81. The molecule has 13 heavy (non-hydrogen) atoms. The molecule has 0 atom stereocenters. The summed E-state index contributed by atoms with van der Waals surface area (Å²) in [5.41, 5.74) is 0.595. The zero-order chi connectivity index (χ0) is 9.90. The second-order valence-corrected chi connectivity index (χ2v) is 2.40. The van der Waals surface area contributed by atoms with Crippen molar-refractivity contribution in [2.24, 2.45) is 0 Å². The molecule has 1 aromatic heterocycles. The molecule has 0 aromatic carbocycles. The van der Waals surface area contributed by atoms with Gasteiger partial charge in [0.05, 0.1) is 0 Å². The molecular weight excluding hydrogens is 185 g/mol. The standard InChI is InChI=1S/C7H7F3N2O/c8-7(9,10)6(13)12-4-5-1-2-11-3-5/h1-3,11H,4H2,(H,12,13). The molecule has 0 bridgehead atoms. The number of amides is 1. The minimum atomic E-state index is -4.81. The van der Waals surface area contributed by atoms with Crippen LogP contribution in [-0.2, 0) is 11.3 Å². The van der Waals surface area contributed by atoms with E-state index in [9.17, 15) is 18.0 Å². The lowest BCUT2D eigenvalue weighted by Gasteiger charge is -2.05. The Morgan fingerprint density at radius 3 is 2.69 bits per heavy atom. The lowest BCUT2D eigenvalue weighted by Crippen LogP contribution is -2.36. The van der Waals surface area contributed by atoms with Crippen LogP contribution in [0.5, 0.6) is 0 Å². The van der Waals surface area contributed by atoms with Gasteiger partial charge in [0.2, 0.25) is 0 Å². The van der Waals surface area contributed by atoms with E-state index in [1.165, 1.54) is 6.20 Å². The van der Waals surface area contributed by atoms with Crippen LogP contribution in [0.1, 0.15) is 5.56 Å². The Kier molecular flexibility index (Phi) is 2.60. The predicted octanol–water partition coefficient (Wildman–Crippen LogP) is 1.19. The smallest absolute Gasteiger partial charge is 0.367 e. The number of aromatic amines is 1. The lowest BCUT2D eigenvalue weighted by molar-refractivity contribution is -0.173. The molecule has 1 rings (SSSR count). The maximum atomic E-state index is 11.7. The van der Waals surface area contributed by atoms with Crippen LogP contribution in [0.2, 0.25) is 0 Å². The number of alkyl halides is 3. The van der Waals surface area contributed by atoms with Gasteiger partial charge in [-0.3, -0.25) is 4.79 Å². The van der Waals surface area contributed by atoms with Gasteiger partial charge in [0, 0.05) is 18.9 Å². The number of hydrogen-bond acceptors (Lipinski definition) is 1. The van der Waals surface area contributed by atoms with Gasteiger partial charge in [-0.15, -0.1) is 0 Å². The van der Waals surface area contributed by atoms with Crippen molar-refractivity contribution < 1.29 is 18.0 Å². The zero-order valence-electron chi connectivity index (χ0n) is 6.48. The molecular formula is C7H7F3N2O. The molecule has 0 saturated heterocycles. The van der Waals surface area contributed by atoms with Gasteiger partial charge in [-0.25, -0.2) is 0 Å². The monoisotopic (exact) mass is 192 g/mol. The zero-order valence-corrected chi connectivity index (χ0v) is 6.48. The molecule has 6 heteroatoms. The maximum absolute atomic E-state index is 11.7. The Hall–Kier alpha value is -1.46. The molecule has 3 nitrogen and oxygen atoms in total. The topological polar surface area (TPSA) is 44.9 Å². The maximum Gasteiger partial charge on any atom is 0.471 e. The summed E-state index contributed by atoms with van der Waals surface area (Å²) in [6.07, 6.45) is -1.73. The second kappa shape index (κ2) is 3.51. The van der Waals surface area contributed by atoms with Crippen molar-refractivity contribution in [2.45, 2.75) is 12.7 Å².